The van der Waals surface area contributed by atoms with E-state index >= 15 is 0 Å². The van der Waals surface area contributed by atoms with E-state index in [0.717, 1.165) is 89.9 Å². The van der Waals surface area contributed by atoms with Gasteiger partial charge in [0.05, 0.1) is 13.2 Å². The molecule has 0 aromatic rings. The van der Waals surface area contributed by atoms with E-state index in [2.05, 4.69) is 111 Å². The van der Waals surface area contributed by atoms with E-state index in [9.17, 15) is 19.0 Å². The highest BCUT2D eigenvalue weighted by Gasteiger charge is 2.26. The van der Waals surface area contributed by atoms with Crippen LogP contribution in [0.2, 0.25) is 0 Å². The van der Waals surface area contributed by atoms with Crippen molar-refractivity contribution in [1.29, 1.82) is 0 Å². The topological polar surface area (TPSA) is 134 Å². The summed E-state index contributed by atoms with van der Waals surface area (Å²) in [5, 5.41) is 0. The Morgan fingerprint density at radius 3 is 0.943 bits per heavy atom. The summed E-state index contributed by atoms with van der Waals surface area (Å²) in [4.78, 5) is 35.4. The Morgan fingerprint density at radius 1 is 0.356 bits per heavy atom. The molecule has 87 heavy (non-hydrogen) atoms. The molecule has 9 nitrogen and oxygen atoms in total. The van der Waals surface area contributed by atoms with Crippen LogP contribution in [0.4, 0.5) is 0 Å². The number of hydrogen-bond acceptors (Lipinski definition) is 8. The minimum Gasteiger partial charge on any atom is -0.462 e. The maximum absolute atomic E-state index is 12.8. The summed E-state index contributed by atoms with van der Waals surface area (Å²) in [6, 6.07) is 0. The number of allylic oxidation sites excluding steroid dienone is 16. The first-order valence-electron chi connectivity index (χ1n) is 36.7. The van der Waals surface area contributed by atoms with Gasteiger partial charge in [0.25, 0.3) is 0 Å². The van der Waals surface area contributed by atoms with Gasteiger partial charge in [-0.05, 0) is 96.3 Å². The molecule has 0 aliphatic rings. The third-order valence-corrected chi connectivity index (χ3v) is 16.9. The van der Waals surface area contributed by atoms with Gasteiger partial charge in [0.2, 0.25) is 0 Å². The summed E-state index contributed by atoms with van der Waals surface area (Å²) in [7, 11) is -4.40. The molecule has 0 saturated heterocycles. The van der Waals surface area contributed by atoms with Crippen molar-refractivity contribution in [3.63, 3.8) is 0 Å². The lowest BCUT2D eigenvalue weighted by molar-refractivity contribution is -0.161. The molecule has 0 fully saturated rings. The van der Waals surface area contributed by atoms with Gasteiger partial charge in [-0.25, -0.2) is 4.57 Å². The number of hydrogen-bond donors (Lipinski definition) is 2. The molecule has 0 amide bonds. The first-order valence-corrected chi connectivity index (χ1v) is 38.2. The summed E-state index contributed by atoms with van der Waals surface area (Å²) in [5.41, 5.74) is 5.41. The van der Waals surface area contributed by atoms with Gasteiger partial charge in [-0.3, -0.25) is 18.6 Å². The largest absolute Gasteiger partial charge is 0.472 e. The quantitative estimate of drug-likeness (QED) is 0.0264. The summed E-state index contributed by atoms with van der Waals surface area (Å²) in [6.07, 6.45) is 98.0. The molecule has 0 radical (unpaired) electrons. The number of carbonyl (C=O) groups is 2. The zero-order valence-corrected chi connectivity index (χ0v) is 57.6. The molecule has 0 aromatic heterocycles. The van der Waals surface area contributed by atoms with Gasteiger partial charge in [0.15, 0.2) is 6.10 Å². The second-order valence-corrected chi connectivity index (χ2v) is 25.9. The standard InChI is InChI=1S/C77H138NO8P/c1-3-5-7-9-11-13-15-17-19-21-23-25-27-29-31-33-34-35-36-37-38-39-40-42-43-45-47-49-51-53-55-57-59-61-63-65-67-69-76(79)83-73-75(74-85-87(81,82)84-72-71-78)86-77(80)70-68-66-64-62-60-58-56-54-52-50-48-46-44-41-32-30-28-26-24-22-20-18-16-14-12-10-8-6-4-2/h6,8,12,14-15,17-18,20-21,23-24,26,30,32,44,46,75H,3-5,7,9-11,13,16,19,22,25,27-29,31,33-43,45,47-74,78H2,1-2H3,(H,81,82)/b8-6-,14-12-,17-15-,20-18-,23-21-,26-24-,32-30-,46-44-. The molecule has 504 valence electrons. The molecule has 3 N–H and O–H groups in total. The highest BCUT2D eigenvalue weighted by molar-refractivity contribution is 7.47. The lowest BCUT2D eigenvalue weighted by Crippen LogP contribution is -2.29. The smallest absolute Gasteiger partial charge is 0.462 e. The summed E-state index contributed by atoms with van der Waals surface area (Å²) in [5.74, 6) is -0.822. The fourth-order valence-electron chi connectivity index (χ4n) is 10.6. The van der Waals surface area contributed by atoms with Crippen LogP contribution in [0.1, 0.15) is 348 Å². The van der Waals surface area contributed by atoms with Crippen molar-refractivity contribution in [3.8, 4) is 0 Å². The monoisotopic (exact) mass is 1240 g/mol. The summed E-state index contributed by atoms with van der Waals surface area (Å²) in [6.45, 7) is 3.65. The molecule has 10 heteroatoms. The van der Waals surface area contributed by atoms with Gasteiger partial charge in [-0.15, -0.1) is 0 Å². The Morgan fingerprint density at radius 2 is 0.632 bits per heavy atom. The SMILES string of the molecule is CC/C=C\C/C=C\C/C=C\C/C=C\C/C=C\C/C=C\CCCCCCCCCCCCC(=O)OC(COC(=O)CCCCCCCCCCCCCCCCCCCCCCCCCCC/C=C\C/C=C\CCCCCCC)COP(=O)(O)OCCN. The van der Waals surface area contributed by atoms with E-state index in [1.165, 1.54) is 225 Å². The van der Waals surface area contributed by atoms with Crippen molar-refractivity contribution < 1.29 is 37.6 Å². The van der Waals surface area contributed by atoms with Crippen LogP contribution in [0, 0.1) is 0 Å². The van der Waals surface area contributed by atoms with Crippen molar-refractivity contribution in [2.45, 2.75) is 354 Å². The predicted octanol–water partition coefficient (Wildman–Crippen LogP) is 24.3. The number of phosphoric ester groups is 1. The van der Waals surface area contributed by atoms with E-state index in [1.54, 1.807) is 0 Å². The molecule has 0 rings (SSSR count). The van der Waals surface area contributed by atoms with Gasteiger partial charge in [0, 0.05) is 19.4 Å². The number of carbonyl (C=O) groups excluding carboxylic acids is 2. The first kappa shape index (κ1) is 83.9. The van der Waals surface area contributed by atoms with Crippen LogP contribution in [-0.2, 0) is 32.7 Å². The number of unbranched alkanes of at least 4 members (excludes halogenated alkanes) is 40. The molecule has 0 spiro atoms. The third-order valence-electron chi connectivity index (χ3n) is 16.0. The van der Waals surface area contributed by atoms with E-state index in [0.29, 0.717) is 6.42 Å². The van der Waals surface area contributed by atoms with E-state index in [4.69, 9.17) is 24.3 Å². The second-order valence-electron chi connectivity index (χ2n) is 24.4. The van der Waals surface area contributed by atoms with Crippen molar-refractivity contribution in [1.82, 2.24) is 0 Å². The summed E-state index contributed by atoms with van der Waals surface area (Å²) >= 11 is 0. The molecular formula is C77H138NO8P. The highest BCUT2D eigenvalue weighted by atomic mass is 31.2. The average molecular weight is 1240 g/mol. The van der Waals surface area contributed by atoms with Crippen molar-refractivity contribution in [2.75, 3.05) is 26.4 Å². The zero-order valence-electron chi connectivity index (χ0n) is 56.7. The molecule has 2 atom stereocenters. The summed E-state index contributed by atoms with van der Waals surface area (Å²) < 4.78 is 33.2. The van der Waals surface area contributed by atoms with Crippen LogP contribution < -0.4 is 5.73 Å². The average Bonchev–Trinajstić information content (AvgIpc) is 3.63. The molecule has 0 aromatic carbocycles. The minimum atomic E-state index is -4.40. The molecule has 0 heterocycles. The van der Waals surface area contributed by atoms with E-state index in [1.807, 2.05) is 0 Å². The number of ether oxygens (including phenoxy) is 2. The number of esters is 2. The fraction of sp³-hybridized carbons (Fsp3) is 0.766. The van der Waals surface area contributed by atoms with Gasteiger partial charge in [0.1, 0.15) is 6.61 Å². The van der Waals surface area contributed by atoms with Gasteiger partial charge >= 0.3 is 19.8 Å². The van der Waals surface area contributed by atoms with Gasteiger partial charge < -0.3 is 20.1 Å². The number of phosphoric acid groups is 1. The van der Waals surface area contributed by atoms with Crippen LogP contribution in [0.3, 0.4) is 0 Å². The van der Waals surface area contributed by atoms with E-state index < -0.39 is 26.5 Å². The predicted molar refractivity (Wildman–Crippen MR) is 376 cm³/mol. The first-order chi connectivity index (χ1) is 42.8. The van der Waals surface area contributed by atoms with Crippen LogP contribution in [-0.4, -0.2) is 49.3 Å². The fourth-order valence-corrected chi connectivity index (χ4v) is 11.3. The Labute approximate surface area is 537 Å². The molecular weight excluding hydrogens is 1100 g/mol. The van der Waals surface area contributed by atoms with Gasteiger partial charge in [-0.2, -0.15) is 0 Å². The van der Waals surface area contributed by atoms with Crippen molar-refractivity contribution in [2.24, 2.45) is 5.73 Å². The van der Waals surface area contributed by atoms with Gasteiger partial charge in [-0.1, -0.05) is 336 Å². The third kappa shape index (κ3) is 71.9. The van der Waals surface area contributed by atoms with Crippen molar-refractivity contribution in [3.05, 3.63) is 97.2 Å². The van der Waals surface area contributed by atoms with Crippen molar-refractivity contribution >= 4 is 19.8 Å². The van der Waals surface area contributed by atoms with E-state index in [-0.39, 0.29) is 38.6 Å². The molecule has 0 bridgehead atoms. The number of rotatable bonds is 69. The lowest BCUT2D eigenvalue weighted by Gasteiger charge is -2.19. The Bertz CT molecular complexity index is 1750. The highest BCUT2D eigenvalue weighted by Crippen LogP contribution is 2.43. The Hall–Kier alpha value is -3.07. The van der Waals surface area contributed by atoms with Crippen LogP contribution in [0.25, 0.3) is 0 Å². The van der Waals surface area contributed by atoms with Crippen LogP contribution in [0.5, 0.6) is 0 Å². The van der Waals surface area contributed by atoms with Crippen LogP contribution >= 0.6 is 7.82 Å². The number of nitrogens with two attached hydrogens (primary N) is 1. The maximum Gasteiger partial charge on any atom is 0.472 e. The zero-order chi connectivity index (χ0) is 63.0. The molecule has 0 aliphatic carbocycles. The second kappa shape index (κ2) is 72.0. The Balaban J connectivity index is 3.83. The maximum atomic E-state index is 12.8. The van der Waals surface area contributed by atoms with Crippen LogP contribution in [0.15, 0.2) is 97.2 Å². The Kier molecular flexibility index (Phi) is 69.5. The molecule has 0 aliphatic heterocycles. The lowest BCUT2D eigenvalue weighted by atomic mass is 10.0. The molecule has 2 unspecified atom stereocenters. The minimum absolute atomic E-state index is 0.0504. The normalized spacial score (nSPS) is 13.5. The molecule has 0 saturated carbocycles.